The summed E-state index contributed by atoms with van der Waals surface area (Å²) in [6.45, 7) is 2.01. The Kier molecular flexibility index (Phi) is 6.54. The van der Waals surface area contributed by atoms with Gasteiger partial charge in [-0.2, -0.15) is 5.10 Å². The van der Waals surface area contributed by atoms with Gasteiger partial charge in [-0.25, -0.2) is 5.43 Å². The van der Waals surface area contributed by atoms with Crippen LogP contribution in [0.4, 0.5) is 0 Å². The molecule has 0 spiro atoms. The van der Waals surface area contributed by atoms with Gasteiger partial charge in [-0.3, -0.25) is 9.36 Å². The number of hydrogen-bond donors (Lipinski definition) is 1. The van der Waals surface area contributed by atoms with Crippen molar-refractivity contribution >= 4 is 23.9 Å². The lowest BCUT2D eigenvalue weighted by Crippen LogP contribution is -2.20. The molecule has 0 fully saturated rings. The van der Waals surface area contributed by atoms with E-state index in [1.54, 1.807) is 6.21 Å². The van der Waals surface area contributed by atoms with E-state index in [1.807, 2.05) is 96.4 Å². The molecule has 1 heterocycles. The minimum absolute atomic E-state index is 0.172. The van der Waals surface area contributed by atoms with Gasteiger partial charge in [0, 0.05) is 11.3 Å². The van der Waals surface area contributed by atoms with Gasteiger partial charge in [-0.1, -0.05) is 90.1 Å². The molecule has 4 rings (SSSR count). The Morgan fingerprint density at radius 3 is 2.48 bits per heavy atom. The molecule has 1 N–H and O–H groups in total. The SMILES string of the molecule is Cc1cccc(/C=N\NC(=O)CSc2nnc(-c3ccccc3)n2-c2ccccc2)c1. The topological polar surface area (TPSA) is 72.2 Å². The molecule has 0 unspecified atom stereocenters. The van der Waals surface area contributed by atoms with Crippen LogP contribution >= 0.6 is 11.8 Å². The molecular weight excluding hydrogens is 406 g/mol. The molecule has 0 aliphatic heterocycles. The Hall–Kier alpha value is -3.71. The maximum absolute atomic E-state index is 12.3. The summed E-state index contributed by atoms with van der Waals surface area (Å²) in [7, 11) is 0. The molecule has 0 bridgehead atoms. The highest BCUT2D eigenvalue weighted by atomic mass is 32.2. The van der Waals surface area contributed by atoms with Gasteiger partial charge >= 0.3 is 0 Å². The average Bonchev–Trinajstić information content (AvgIpc) is 3.23. The van der Waals surface area contributed by atoms with Gasteiger partial charge < -0.3 is 0 Å². The number of nitrogens with zero attached hydrogens (tertiary/aromatic N) is 4. The average molecular weight is 428 g/mol. The summed E-state index contributed by atoms with van der Waals surface area (Å²) < 4.78 is 1.96. The lowest BCUT2D eigenvalue weighted by Gasteiger charge is -2.10. The summed E-state index contributed by atoms with van der Waals surface area (Å²) in [5.74, 6) is 0.690. The molecule has 7 heteroatoms. The van der Waals surface area contributed by atoms with E-state index in [4.69, 9.17) is 0 Å². The van der Waals surface area contributed by atoms with Gasteiger partial charge in [0.15, 0.2) is 11.0 Å². The molecular formula is C24H21N5OS. The molecule has 31 heavy (non-hydrogen) atoms. The number of benzene rings is 3. The number of aromatic nitrogens is 3. The standard InChI is InChI=1S/C24H21N5OS/c1-18-9-8-10-19(15-18)16-25-26-22(30)17-31-24-28-27-23(20-11-4-2-5-12-20)29(24)21-13-6-3-7-14-21/h2-16H,17H2,1H3,(H,26,30)/b25-16-. The second-order valence-electron chi connectivity index (χ2n) is 6.84. The lowest BCUT2D eigenvalue weighted by atomic mass is 10.2. The maximum atomic E-state index is 12.3. The molecule has 0 aliphatic rings. The number of carbonyl (C=O) groups excluding carboxylic acids is 1. The number of hydrogen-bond acceptors (Lipinski definition) is 5. The van der Waals surface area contributed by atoms with E-state index in [2.05, 4.69) is 20.7 Å². The first-order valence-electron chi connectivity index (χ1n) is 9.78. The number of carbonyl (C=O) groups is 1. The van der Waals surface area contributed by atoms with E-state index in [0.29, 0.717) is 5.16 Å². The Bertz CT molecular complexity index is 1190. The first-order valence-corrected chi connectivity index (χ1v) is 10.8. The number of rotatable bonds is 7. The number of nitrogens with one attached hydrogen (secondary N) is 1. The minimum atomic E-state index is -0.210. The van der Waals surface area contributed by atoms with Crippen molar-refractivity contribution in [1.29, 1.82) is 0 Å². The predicted molar refractivity (Wildman–Crippen MR) is 124 cm³/mol. The summed E-state index contributed by atoms with van der Waals surface area (Å²) in [4.78, 5) is 12.3. The third-order valence-corrected chi connectivity index (χ3v) is 5.39. The van der Waals surface area contributed by atoms with Crippen LogP contribution in [0, 0.1) is 6.92 Å². The van der Waals surface area contributed by atoms with Crippen molar-refractivity contribution in [1.82, 2.24) is 20.2 Å². The van der Waals surface area contributed by atoms with E-state index >= 15 is 0 Å². The number of aryl methyl sites for hydroxylation is 1. The molecule has 6 nitrogen and oxygen atoms in total. The second-order valence-corrected chi connectivity index (χ2v) is 7.78. The van der Waals surface area contributed by atoms with Crippen LogP contribution in [0.1, 0.15) is 11.1 Å². The molecule has 154 valence electrons. The minimum Gasteiger partial charge on any atom is -0.272 e. The summed E-state index contributed by atoms with van der Waals surface area (Å²) in [5, 5.41) is 13.4. The Balaban J connectivity index is 1.48. The molecule has 4 aromatic rings. The van der Waals surface area contributed by atoms with E-state index < -0.39 is 0 Å². The Labute approximate surface area is 185 Å². The third kappa shape index (κ3) is 5.26. The van der Waals surface area contributed by atoms with Gasteiger partial charge in [0.05, 0.1) is 12.0 Å². The van der Waals surface area contributed by atoms with Gasteiger partial charge in [0.1, 0.15) is 0 Å². The molecule has 0 aliphatic carbocycles. The Morgan fingerprint density at radius 2 is 1.74 bits per heavy atom. The number of hydrazone groups is 1. The zero-order valence-electron chi connectivity index (χ0n) is 17.0. The highest BCUT2D eigenvalue weighted by molar-refractivity contribution is 7.99. The Morgan fingerprint density at radius 1 is 1.00 bits per heavy atom. The maximum Gasteiger partial charge on any atom is 0.250 e. The van der Waals surface area contributed by atoms with Crippen molar-refractivity contribution in [2.24, 2.45) is 5.10 Å². The van der Waals surface area contributed by atoms with Crippen LogP contribution in [0.5, 0.6) is 0 Å². The number of amides is 1. The van der Waals surface area contributed by atoms with Crippen molar-refractivity contribution in [3.63, 3.8) is 0 Å². The molecule has 0 atom stereocenters. The fourth-order valence-electron chi connectivity index (χ4n) is 3.04. The molecule has 0 radical (unpaired) electrons. The van der Waals surface area contributed by atoms with Gasteiger partial charge in [0.2, 0.25) is 0 Å². The van der Waals surface area contributed by atoms with Crippen molar-refractivity contribution in [3.05, 3.63) is 96.1 Å². The number of thioether (sulfide) groups is 1. The van der Waals surface area contributed by atoms with Gasteiger partial charge in [0.25, 0.3) is 5.91 Å². The first-order chi connectivity index (χ1) is 15.2. The summed E-state index contributed by atoms with van der Waals surface area (Å²) in [6.07, 6.45) is 1.63. The summed E-state index contributed by atoms with van der Waals surface area (Å²) >= 11 is 1.32. The smallest absolute Gasteiger partial charge is 0.250 e. The molecule has 3 aromatic carbocycles. The van der Waals surface area contributed by atoms with Crippen molar-refractivity contribution in [2.45, 2.75) is 12.1 Å². The van der Waals surface area contributed by atoms with Crippen LogP contribution < -0.4 is 5.43 Å². The van der Waals surface area contributed by atoms with E-state index in [0.717, 1.165) is 28.2 Å². The zero-order chi connectivity index (χ0) is 21.5. The van der Waals surface area contributed by atoms with Crippen LogP contribution in [0.15, 0.2) is 95.2 Å². The first kappa shape index (κ1) is 20.6. The van der Waals surface area contributed by atoms with Crippen molar-refractivity contribution in [3.8, 4) is 17.1 Å². The largest absolute Gasteiger partial charge is 0.272 e. The van der Waals surface area contributed by atoms with Crippen molar-refractivity contribution in [2.75, 3.05) is 5.75 Å². The monoisotopic (exact) mass is 427 g/mol. The predicted octanol–water partition coefficient (Wildman–Crippen LogP) is 4.49. The van der Waals surface area contributed by atoms with Crippen molar-refractivity contribution < 1.29 is 4.79 Å². The summed E-state index contributed by atoms with van der Waals surface area (Å²) in [5.41, 5.74) is 6.54. The molecule has 1 aromatic heterocycles. The van der Waals surface area contributed by atoms with Crippen LogP contribution in [-0.4, -0.2) is 32.6 Å². The second kappa shape index (κ2) is 9.86. The normalized spacial score (nSPS) is 11.0. The van der Waals surface area contributed by atoms with Crippen LogP contribution in [0.2, 0.25) is 0 Å². The third-order valence-electron chi connectivity index (χ3n) is 4.46. The highest BCUT2D eigenvalue weighted by Gasteiger charge is 2.16. The quantitative estimate of drug-likeness (QED) is 0.268. The van der Waals surface area contributed by atoms with E-state index in [-0.39, 0.29) is 11.7 Å². The highest BCUT2D eigenvalue weighted by Crippen LogP contribution is 2.27. The van der Waals surface area contributed by atoms with E-state index in [1.165, 1.54) is 11.8 Å². The molecule has 0 saturated carbocycles. The van der Waals surface area contributed by atoms with Crippen LogP contribution in [0.25, 0.3) is 17.1 Å². The summed E-state index contributed by atoms with van der Waals surface area (Å²) in [6, 6.07) is 27.6. The lowest BCUT2D eigenvalue weighted by molar-refractivity contribution is -0.118. The fourth-order valence-corrected chi connectivity index (χ4v) is 3.78. The number of para-hydroxylation sites is 1. The zero-order valence-corrected chi connectivity index (χ0v) is 17.8. The van der Waals surface area contributed by atoms with Gasteiger partial charge in [-0.05, 0) is 24.6 Å². The van der Waals surface area contributed by atoms with Gasteiger partial charge in [-0.15, -0.1) is 10.2 Å². The van der Waals surface area contributed by atoms with Crippen LogP contribution in [0.3, 0.4) is 0 Å². The van der Waals surface area contributed by atoms with Crippen LogP contribution in [-0.2, 0) is 4.79 Å². The molecule has 0 saturated heterocycles. The molecule has 1 amide bonds. The fraction of sp³-hybridized carbons (Fsp3) is 0.0833. The van der Waals surface area contributed by atoms with E-state index in [9.17, 15) is 4.79 Å².